The Labute approximate surface area is 131 Å². The molecule has 0 N–H and O–H groups in total. The van der Waals surface area contributed by atoms with Gasteiger partial charge in [-0.25, -0.2) is 0 Å². The standard InChI is InChI=1S/C17H23N3O2/c1-6-20-13(4)17(12(3)19-20)18-11-14-8-9-15(21-5)16(10-14)22-7-2/h8-11H,6-7H2,1-5H3. The van der Waals surface area contributed by atoms with Crippen LogP contribution in [-0.4, -0.2) is 29.7 Å². The lowest BCUT2D eigenvalue weighted by molar-refractivity contribution is 0.311. The Morgan fingerprint density at radius 1 is 1.23 bits per heavy atom. The van der Waals surface area contributed by atoms with E-state index in [9.17, 15) is 0 Å². The van der Waals surface area contributed by atoms with Crippen LogP contribution < -0.4 is 9.47 Å². The van der Waals surface area contributed by atoms with E-state index in [1.807, 2.05) is 49.9 Å². The summed E-state index contributed by atoms with van der Waals surface area (Å²) in [6.45, 7) is 9.48. The maximum Gasteiger partial charge on any atom is 0.161 e. The number of nitrogens with zero attached hydrogens (tertiary/aromatic N) is 3. The maximum absolute atomic E-state index is 5.59. The van der Waals surface area contributed by atoms with Crippen LogP contribution in [-0.2, 0) is 6.54 Å². The lowest BCUT2D eigenvalue weighted by Crippen LogP contribution is -1.98. The molecule has 0 saturated heterocycles. The first-order valence-corrected chi connectivity index (χ1v) is 7.49. The van der Waals surface area contributed by atoms with Gasteiger partial charge in [0.25, 0.3) is 0 Å². The number of aliphatic imine (C=N–C) groups is 1. The molecule has 5 nitrogen and oxygen atoms in total. The minimum absolute atomic E-state index is 0.596. The van der Waals surface area contributed by atoms with Crippen LogP contribution in [0.15, 0.2) is 23.2 Å². The van der Waals surface area contributed by atoms with Gasteiger partial charge in [0.1, 0.15) is 5.69 Å². The van der Waals surface area contributed by atoms with Gasteiger partial charge in [-0.3, -0.25) is 9.67 Å². The van der Waals surface area contributed by atoms with Gasteiger partial charge in [0.05, 0.1) is 25.1 Å². The van der Waals surface area contributed by atoms with Crippen LogP contribution in [0.1, 0.15) is 30.8 Å². The normalized spacial score (nSPS) is 11.1. The molecule has 2 rings (SSSR count). The highest BCUT2D eigenvalue weighted by Gasteiger charge is 2.09. The molecule has 0 aliphatic heterocycles. The van der Waals surface area contributed by atoms with E-state index in [-0.39, 0.29) is 0 Å². The highest BCUT2D eigenvalue weighted by Crippen LogP contribution is 2.28. The van der Waals surface area contributed by atoms with Crippen LogP contribution in [0.25, 0.3) is 0 Å². The van der Waals surface area contributed by atoms with E-state index in [0.29, 0.717) is 6.61 Å². The van der Waals surface area contributed by atoms with Crippen molar-refractivity contribution in [2.24, 2.45) is 4.99 Å². The lowest BCUT2D eigenvalue weighted by Gasteiger charge is -2.09. The van der Waals surface area contributed by atoms with Gasteiger partial charge in [-0.1, -0.05) is 0 Å². The molecule has 0 aliphatic carbocycles. The number of aryl methyl sites for hydroxylation is 2. The first kappa shape index (κ1) is 16.1. The zero-order valence-corrected chi connectivity index (χ0v) is 13.9. The van der Waals surface area contributed by atoms with E-state index in [0.717, 1.165) is 40.7 Å². The molecule has 1 heterocycles. The molecule has 22 heavy (non-hydrogen) atoms. The van der Waals surface area contributed by atoms with Crippen LogP contribution in [0.3, 0.4) is 0 Å². The number of hydrogen-bond donors (Lipinski definition) is 0. The number of ether oxygens (including phenoxy) is 2. The highest BCUT2D eigenvalue weighted by atomic mass is 16.5. The molecular formula is C17H23N3O2. The number of hydrogen-bond acceptors (Lipinski definition) is 4. The molecule has 118 valence electrons. The van der Waals surface area contributed by atoms with Crippen LogP contribution in [0.5, 0.6) is 11.5 Å². The first-order chi connectivity index (χ1) is 10.6. The summed E-state index contributed by atoms with van der Waals surface area (Å²) in [4.78, 5) is 4.60. The summed E-state index contributed by atoms with van der Waals surface area (Å²) in [7, 11) is 1.64. The molecule has 0 unspecified atom stereocenters. The molecule has 0 aliphatic rings. The quantitative estimate of drug-likeness (QED) is 0.765. The number of aromatic nitrogens is 2. The summed E-state index contributed by atoms with van der Waals surface area (Å²) >= 11 is 0. The fourth-order valence-corrected chi connectivity index (χ4v) is 2.36. The van der Waals surface area contributed by atoms with Gasteiger partial charge in [-0.05, 0) is 51.5 Å². The summed E-state index contributed by atoms with van der Waals surface area (Å²) in [5.41, 5.74) is 3.91. The predicted molar refractivity (Wildman–Crippen MR) is 88.8 cm³/mol. The molecule has 0 amide bonds. The summed E-state index contributed by atoms with van der Waals surface area (Å²) in [6, 6.07) is 5.78. The van der Waals surface area contributed by atoms with E-state index < -0.39 is 0 Å². The smallest absolute Gasteiger partial charge is 0.161 e. The minimum atomic E-state index is 0.596. The second-order valence-electron chi connectivity index (χ2n) is 4.94. The Balaban J connectivity index is 2.30. The number of methoxy groups -OCH3 is 1. The van der Waals surface area contributed by atoms with Gasteiger partial charge in [0, 0.05) is 12.8 Å². The highest BCUT2D eigenvalue weighted by molar-refractivity contribution is 5.83. The monoisotopic (exact) mass is 301 g/mol. The topological polar surface area (TPSA) is 48.6 Å². The SMILES string of the molecule is CCOc1cc(C=Nc2c(C)nn(CC)c2C)ccc1OC. The molecule has 0 radical (unpaired) electrons. The van der Waals surface area contributed by atoms with Crippen LogP contribution in [0.2, 0.25) is 0 Å². The third-order valence-corrected chi connectivity index (χ3v) is 3.47. The van der Waals surface area contributed by atoms with Crippen molar-refractivity contribution in [1.82, 2.24) is 9.78 Å². The second kappa shape index (κ2) is 7.11. The van der Waals surface area contributed by atoms with Crippen molar-refractivity contribution in [1.29, 1.82) is 0 Å². The third-order valence-electron chi connectivity index (χ3n) is 3.47. The zero-order valence-electron chi connectivity index (χ0n) is 13.9. The molecule has 0 spiro atoms. The van der Waals surface area contributed by atoms with Crippen molar-refractivity contribution in [3.63, 3.8) is 0 Å². The fraction of sp³-hybridized carbons (Fsp3) is 0.412. The zero-order chi connectivity index (χ0) is 16.1. The van der Waals surface area contributed by atoms with Gasteiger partial charge < -0.3 is 9.47 Å². The minimum Gasteiger partial charge on any atom is -0.493 e. The van der Waals surface area contributed by atoms with Gasteiger partial charge in [0.2, 0.25) is 0 Å². The molecule has 0 saturated carbocycles. The Hall–Kier alpha value is -2.30. The Morgan fingerprint density at radius 2 is 2.00 bits per heavy atom. The summed E-state index contributed by atoms with van der Waals surface area (Å²) < 4.78 is 12.8. The van der Waals surface area contributed by atoms with Crippen LogP contribution in [0.4, 0.5) is 5.69 Å². The average Bonchev–Trinajstić information content (AvgIpc) is 2.80. The third kappa shape index (κ3) is 3.30. The van der Waals surface area contributed by atoms with Gasteiger partial charge in [-0.2, -0.15) is 5.10 Å². The van der Waals surface area contributed by atoms with Crippen LogP contribution >= 0.6 is 0 Å². The average molecular weight is 301 g/mol. The Morgan fingerprint density at radius 3 is 2.59 bits per heavy atom. The molecule has 1 aromatic heterocycles. The molecule has 0 bridgehead atoms. The molecule has 0 fully saturated rings. The van der Waals surface area contributed by atoms with Crippen molar-refractivity contribution in [3.05, 3.63) is 35.2 Å². The summed E-state index contributed by atoms with van der Waals surface area (Å²) in [5.74, 6) is 1.46. The maximum atomic E-state index is 5.59. The van der Waals surface area contributed by atoms with E-state index in [4.69, 9.17) is 9.47 Å². The van der Waals surface area contributed by atoms with Crippen molar-refractivity contribution in [2.75, 3.05) is 13.7 Å². The summed E-state index contributed by atoms with van der Waals surface area (Å²) in [6.07, 6.45) is 1.83. The summed E-state index contributed by atoms with van der Waals surface area (Å²) in [5, 5.41) is 4.47. The van der Waals surface area contributed by atoms with Crippen molar-refractivity contribution >= 4 is 11.9 Å². The van der Waals surface area contributed by atoms with Gasteiger partial charge in [-0.15, -0.1) is 0 Å². The van der Waals surface area contributed by atoms with Crippen molar-refractivity contribution < 1.29 is 9.47 Å². The number of benzene rings is 1. The molecular weight excluding hydrogens is 278 g/mol. The largest absolute Gasteiger partial charge is 0.493 e. The van der Waals surface area contributed by atoms with E-state index in [1.165, 1.54) is 0 Å². The van der Waals surface area contributed by atoms with Gasteiger partial charge in [0.15, 0.2) is 11.5 Å². The molecule has 1 aromatic carbocycles. The van der Waals surface area contributed by atoms with Crippen molar-refractivity contribution in [2.45, 2.75) is 34.2 Å². The van der Waals surface area contributed by atoms with Crippen molar-refractivity contribution in [3.8, 4) is 11.5 Å². The Kier molecular flexibility index (Phi) is 5.20. The molecule has 0 atom stereocenters. The van der Waals surface area contributed by atoms with E-state index >= 15 is 0 Å². The molecule has 5 heteroatoms. The second-order valence-corrected chi connectivity index (χ2v) is 4.94. The molecule has 2 aromatic rings. The predicted octanol–water partition coefficient (Wildman–Crippen LogP) is 3.68. The van der Waals surface area contributed by atoms with Crippen LogP contribution in [0, 0.1) is 13.8 Å². The number of rotatable bonds is 6. The van der Waals surface area contributed by atoms with E-state index in [1.54, 1.807) is 7.11 Å². The van der Waals surface area contributed by atoms with E-state index in [2.05, 4.69) is 17.0 Å². The van der Waals surface area contributed by atoms with Gasteiger partial charge >= 0.3 is 0 Å². The fourth-order valence-electron chi connectivity index (χ4n) is 2.36. The first-order valence-electron chi connectivity index (χ1n) is 7.49. The lowest BCUT2D eigenvalue weighted by atomic mass is 10.2. The Bertz CT molecular complexity index is 675.